The molecule has 38 heavy (non-hydrogen) atoms. The summed E-state index contributed by atoms with van der Waals surface area (Å²) in [7, 11) is -4.10. The first-order valence-corrected chi connectivity index (χ1v) is 14.7. The number of hydrogen-bond donors (Lipinski definition) is 1. The summed E-state index contributed by atoms with van der Waals surface area (Å²) in [5, 5.41) is 1.30. The average molecular weight is 559 g/mol. The molecule has 0 spiro atoms. The number of fused-ring (bicyclic) bond motifs is 2. The number of anilines is 1. The van der Waals surface area contributed by atoms with E-state index in [1.165, 1.54) is 11.3 Å². The maximum absolute atomic E-state index is 12.9. The lowest BCUT2D eigenvalue weighted by molar-refractivity contribution is -0.154. The van der Waals surface area contributed by atoms with Gasteiger partial charge in [-0.25, -0.2) is 9.78 Å². The number of aromatic nitrogens is 1. The van der Waals surface area contributed by atoms with Crippen molar-refractivity contribution >= 4 is 54.3 Å². The topological polar surface area (TPSA) is 127 Å². The molecule has 1 N–H and O–H groups in total. The molecule has 0 radical (unpaired) electrons. The van der Waals surface area contributed by atoms with E-state index < -0.39 is 21.3 Å². The highest BCUT2D eigenvalue weighted by molar-refractivity contribution is 7.85. The molecule has 2 heterocycles. The summed E-state index contributed by atoms with van der Waals surface area (Å²) >= 11 is 1.42. The van der Waals surface area contributed by atoms with Gasteiger partial charge < -0.3 is 14.1 Å². The fraction of sp³-hybridized carbons (Fsp3) is 0.370. The molecule has 9 nitrogen and oxygen atoms in total. The molecule has 0 saturated carbocycles. The number of thiazole rings is 1. The van der Waals surface area contributed by atoms with Crippen molar-refractivity contribution < 1.29 is 26.9 Å². The zero-order valence-electron chi connectivity index (χ0n) is 21.5. The summed E-state index contributed by atoms with van der Waals surface area (Å²) in [5.41, 5.74) is 1.20. The number of para-hydroxylation sites is 1. The third-order valence-corrected chi connectivity index (χ3v) is 7.54. The number of carbonyl (C=O) groups is 1. The molecule has 0 unspecified atom stereocenters. The lowest BCUT2D eigenvalue weighted by atomic mass is 10.1. The third kappa shape index (κ3) is 7.40. The van der Waals surface area contributed by atoms with E-state index in [4.69, 9.17) is 13.7 Å². The van der Waals surface area contributed by atoms with Gasteiger partial charge in [-0.3, -0.25) is 9.35 Å². The van der Waals surface area contributed by atoms with Gasteiger partial charge in [0.2, 0.25) is 0 Å². The predicted octanol–water partition coefficient (Wildman–Crippen LogP) is 5.28. The van der Waals surface area contributed by atoms with Gasteiger partial charge in [-0.05, 0) is 63.9 Å². The molecule has 0 atom stereocenters. The Labute approximate surface area is 224 Å². The van der Waals surface area contributed by atoms with E-state index in [1.54, 1.807) is 32.9 Å². The van der Waals surface area contributed by atoms with E-state index in [9.17, 15) is 18.0 Å². The van der Waals surface area contributed by atoms with Crippen LogP contribution >= 0.6 is 11.3 Å². The second kappa shape index (κ2) is 11.2. The van der Waals surface area contributed by atoms with Crippen molar-refractivity contribution in [1.82, 2.24) is 4.98 Å². The van der Waals surface area contributed by atoms with Gasteiger partial charge in [0.25, 0.3) is 10.1 Å². The van der Waals surface area contributed by atoms with Gasteiger partial charge in [0.15, 0.2) is 0 Å². The van der Waals surface area contributed by atoms with Gasteiger partial charge in [0.05, 0.1) is 21.5 Å². The van der Waals surface area contributed by atoms with E-state index in [0.29, 0.717) is 46.7 Å². The molecule has 0 aliphatic carbocycles. The molecule has 4 aromatic rings. The molecule has 0 bridgehead atoms. The van der Waals surface area contributed by atoms with Crippen LogP contribution in [-0.4, -0.2) is 48.4 Å². The summed E-state index contributed by atoms with van der Waals surface area (Å²) in [4.78, 5) is 31.5. The first kappa shape index (κ1) is 27.7. The molecule has 0 fully saturated rings. The van der Waals surface area contributed by atoms with E-state index in [2.05, 4.69) is 4.98 Å². The first-order valence-electron chi connectivity index (χ1n) is 12.2. The number of carbonyl (C=O) groups excluding carboxylic acids is 1. The van der Waals surface area contributed by atoms with Crippen LogP contribution in [0.3, 0.4) is 0 Å². The minimum atomic E-state index is -4.10. The second-order valence-electron chi connectivity index (χ2n) is 9.97. The molecule has 202 valence electrons. The van der Waals surface area contributed by atoms with Crippen molar-refractivity contribution in [3.63, 3.8) is 0 Å². The normalized spacial score (nSPS) is 12.2. The lowest BCUT2D eigenvalue weighted by Gasteiger charge is -2.25. The molecule has 4 rings (SSSR count). The van der Waals surface area contributed by atoms with Crippen molar-refractivity contribution in [2.24, 2.45) is 0 Å². The van der Waals surface area contributed by atoms with Crippen molar-refractivity contribution in [3.8, 4) is 10.6 Å². The molecule has 0 aliphatic rings. The molecule has 0 saturated heterocycles. The Bertz CT molecular complexity index is 1580. The van der Waals surface area contributed by atoms with E-state index in [0.717, 1.165) is 10.2 Å². The highest BCUT2D eigenvalue weighted by Gasteiger charge is 2.18. The van der Waals surface area contributed by atoms with Crippen LogP contribution in [0.25, 0.3) is 31.8 Å². The van der Waals surface area contributed by atoms with Gasteiger partial charge in [-0.15, -0.1) is 11.3 Å². The summed E-state index contributed by atoms with van der Waals surface area (Å²) in [6, 6.07) is 14.8. The van der Waals surface area contributed by atoms with Crippen LogP contribution in [0.2, 0.25) is 0 Å². The quantitative estimate of drug-likeness (QED) is 0.157. The minimum absolute atomic E-state index is 0.184. The number of rotatable bonds is 10. The summed E-state index contributed by atoms with van der Waals surface area (Å²) in [6.07, 6.45) is 0.851. The Morgan fingerprint density at radius 3 is 2.55 bits per heavy atom. The van der Waals surface area contributed by atoms with Crippen LogP contribution in [0.5, 0.6) is 0 Å². The summed E-state index contributed by atoms with van der Waals surface area (Å²) < 4.78 is 43.6. The largest absolute Gasteiger partial charge is 0.460 e. The maximum Gasteiger partial charge on any atom is 0.346 e. The molecule has 11 heteroatoms. The monoisotopic (exact) mass is 558 g/mol. The van der Waals surface area contributed by atoms with E-state index >= 15 is 0 Å². The van der Waals surface area contributed by atoms with Crippen LogP contribution in [0.1, 0.15) is 40.0 Å². The SMILES string of the molecule is CC(C)(C)OC(=O)CCCN(CCCS(=O)(=O)O)c1ccc2cc(-c3nc4ccccc4s3)c(=O)oc2c1. The predicted molar refractivity (Wildman–Crippen MR) is 149 cm³/mol. The zero-order chi connectivity index (χ0) is 27.5. The standard InChI is InChI=1S/C27H30N2O7S2/c1-27(2,3)36-24(30)10-6-13-29(14-7-15-38(32,33)34)19-12-11-18-16-20(26(31)35-22(18)17-19)25-28-21-8-4-5-9-23(21)37-25/h4-5,8-9,11-12,16-17H,6-7,10,13-15H2,1-3H3,(H,32,33,34). The molecule has 0 amide bonds. The number of benzene rings is 2. The van der Waals surface area contributed by atoms with Crippen molar-refractivity contribution in [2.75, 3.05) is 23.7 Å². The van der Waals surface area contributed by atoms with Gasteiger partial charge in [0, 0.05) is 36.7 Å². The van der Waals surface area contributed by atoms with Gasteiger partial charge in [-0.1, -0.05) is 12.1 Å². The first-order chi connectivity index (χ1) is 17.9. The number of hydrogen-bond acceptors (Lipinski definition) is 9. The maximum atomic E-state index is 12.9. The Balaban J connectivity index is 1.57. The van der Waals surface area contributed by atoms with Crippen LogP contribution in [0.15, 0.2) is 57.7 Å². The lowest BCUT2D eigenvalue weighted by Crippen LogP contribution is -2.28. The van der Waals surface area contributed by atoms with Crippen LogP contribution in [-0.2, 0) is 19.6 Å². The minimum Gasteiger partial charge on any atom is -0.460 e. The molecule has 2 aromatic carbocycles. The average Bonchev–Trinajstić information content (AvgIpc) is 3.24. The van der Waals surface area contributed by atoms with Gasteiger partial charge in [-0.2, -0.15) is 8.42 Å². The van der Waals surface area contributed by atoms with Gasteiger partial charge in [0.1, 0.15) is 16.2 Å². The number of ether oxygens (including phenoxy) is 1. The van der Waals surface area contributed by atoms with Crippen LogP contribution in [0.4, 0.5) is 5.69 Å². The fourth-order valence-corrected chi connectivity index (χ4v) is 5.51. The highest BCUT2D eigenvalue weighted by atomic mass is 32.2. The second-order valence-corrected chi connectivity index (χ2v) is 12.6. The molecular weight excluding hydrogens is 528 g/mol. The van der Waals surface area contributed by atoms with E-state index in [1.807, 2.05) is 41.3 Å². The Hall–Kier alpha value is -3.28. The molecule has 2 aromatic heterocycles. The Kier molecular flexibility index (Phi) is 8.19. The van der Waals surface area contributed by atoms with Crippen LogP contribution < -0.4 is 10.5 Å². The van der Waals surface area contributed by atoms with Crippen molar-refractivity contribution in [2.45, 2.75) is 45.6 Å². The Morgan fingerprint density at radius 1 is 1.11 bits per heavy atom. The molecule has 0 aliphatic heterocycles. The third-order valence-electron chi connectivity index (χ3n) is 5.67. The van der Waals surface area contributed by atoms with Crippen molar-refractivity contribution in [1.29, 1.82) is 0 Å². The van der Waals surface area contributed by atoms with Crippen molar-refractivity contribution in [3.05, 3.63) is 59.0 Å². The van der Waals surface area contributed by atoms with Gasteiger partial charge >= 0.3 is 11.6 Å². The smallest absolute Gasteiger partial charge is 0.346 e. The summed E-state index contributed by atoms with van der Waals surface area (Å²) in [6.45, 7) is 6.16. The number of nitrogens with zero attached hydrogens (tertiary/aromatic N) is 2. The molecular formula is C27H30N2O7S2. The highest BCUT2D eigenvalue weighted by Crippen LogP contribution is 2.31. The van der Waals surface area contributed by atoms with Crippen LogP contribution in [0, 0.1) is 0 Å². The number of esters is 1. The van der Waals surface area contributed by atoms with E-state index in [-0.39, 0.29) is 24.6 Å². The fourth-order valence-electron chi connectivity index (χ4n) is 4.05. The Morgan fingerprint density at radius 2 is 1.84 bits per heavy atom. The summed E-state index contributed by atoms with van der Waals surface area (Å²) in [5.74, 6) is -0.703. The zero-order valence-corrected chi connectivity index (χ0v) is 23.1.